The predicted octanol–water partition coefficient (Wildman–Crippen LogP) is 2.58. The van der Waals surface area contributed by atoms with Gasteiger partial charge in [0.25, 0.3) is 0 Å². The van der Waals surface area contributed by atoms with E-state index in [1.54, 1.807) is 5.57 Å². The Labute approximate surface area is 75.4 Å². The fourth-order valence-electron chi connectivity index (χ4n) is 2.71. The molecular weight excluding hydrogens is 146 g/mol. The van der Waals surface area contributed by atoms with E-state index < -0.39 is 0 Å². The highest BCUT2D eigenvalue weighted by Crippen LogP contribution is 2.35. The van der Waals surface area contributed by atoms with E-state index >= 15 is 0 Å². The second kappa shape index (κ2) is 3.21. The van der Waals surface area contributed by atoms with E-state index in [0.29, 0.717) is 0 Å². The van der Waals surface area contributed by atoms with Gasteiger partial charge in [-0.1, -0.05) is 18.1 Å². The molecule has 0 amide bonds. The van der Waals surface area contributed by atoms with Gasteiger partial charge in [0.2, 0.25) is 0 Å². The van der Waals surface area contributed by atoms with Crippen LogP contribution in [0.3, 0.4) is 0 Å². The summed E-state index contributed by atoms with van der Waals surface area (Å²) in [7, 11) is 2.31. The largest absolute Gasteiger partial charge is 0.300 e. The SMILES string of the molecule is CC=C1CC2CCCC(C1)N2C. The van der Waals surface area contributed by atoms with E-state index in [4.69, 9.17) is 0 Å². The molecule has 2 fully saturated rings. The number of hydrogen-bond donors (Lipinski definition) is 0. The molecular formula is C11H19N. The molecule has 2 unspecified atom stereocenters. The van der Waals surface area contributed by atoms with Crippen LogP contribution in [-0.2, 0) is 0 Å². The predicted molar refractivity (Wildman–Crippen MR) is 52.2 cm³/mol. The van der Waals surface area contributed by atoms with Crippen molar-refractivity contribution in [2.45, 2.75) is 51.1 Å². The van der Waals surface area contributed by atoms with Crippen molar-refractivity contribution >= 4 is 0 Å². The van der Waals surface area contributed by atoms with Crippen LogP contribution < -0.4 is 0 Å². The second-order valence-electron chi connectivity index (χ2n) is 4.26. The number of allylic oxidation sites excluding steroid dienone is 1. The van der Waals surface area contributed by atoms with Gasteiger partial charge in [0.1, 0.15) is 0 Å². The Balaban J connectivity index is 2.12. The van der Waals surface area contributed by atoms with Crippen LogP contribution in [0.15, 0.2) is 11.6 Å². The summed E-state index contributed by atoms with van der Waals surface area (Å²) in [5, 5.41) is 0. The molecule has 0 aromatic rings. The number of hydrogen-bond acceptors (Lipinski definition) is 1. The van der Waals surface area contributed by atoms with Crippen molar-refractivity contribution in [3.8, 4) is 0 Å². The van der Waals surface area contributed by atoms with Crippen molar-refractivity contribution in [3.63, 3.8) is 0 Å². The third-order valence-electron chi connectivity index (χ3n) is 3.63. The number of piperidine rings is 2. The summed E-state index contributed by atoms with van der Waals surface area (Å²) in [5.41, 5.74) is 1.70. The van der Waals surface area contributed by atoms with Gasteiger partial charge in [0, 0.05) is 12.1 Å². The van der Waals surface area contributed by atoms with Crippen LogP contribution in [0.2, 0.25) is 0 Å². The van der Waals surface area contributed by atoms with Gasteiger partial charge in [-0.2, -0.15) is 0 Å². The van der Waals surface area contributed by atoms with Crippen LogP contribution in [0.5, 0.6) is 0 Å². The molecule has 2 rings (SSSR count). The maximum absolute atomic E-state index is 2.61. The van der Waals surface area contributed by atoms with Crippen LogP contribution in [0.4, 0.5) is 0 Å². The fourth-order valence-corrected chi connectivity index (χ4v) is 2.71. The summed E-state index contributed by atoms with van der Waals surface area (Å²) in [6.45, 7) is 2.19. The maximum Gasteiger partial charge on any atom is 0.0132 e. The molecule has 0 spiro atoms. The molecule has 1 heteroatoms. The van der Waals surface area contributed by atoms with Crippen LogP contribution >= 0.6 is 0 Å². The summed E-state index contributed by atoms with van der Waals surface area (Å²) >= 11 is 0. The van der Waals surface area contributed by atoms with Gasteiger partial charge in [-0.15, -0.1) is 0 Å². The molecule has 68 valence electrons. The molecule has 2 aliphatic rings. The lowest BCUT2D eigenvalue weighted by Gasteiger charge is -2.45. The van der Waals surface area contributed by atoms with Crippen molar-refractivity contribution in [2.24, 2.45) is 0 Å². The monoisotopic (exact) mass is 165 g/mol. The molecule has 2 heterocycles. The van der Waals surface area contributed by atoms with Gasteiger partial charge in [-0.25, -0.2) is 0 Å². The summed E-state index contributed by atoms with van der Waals surface area (Å²) in [6, 6.07) is 1.73. The minimum absolute atomic E-state index is 0.865. The molecule has 0 saturated carbocycles. The van der Waals surface area contributed by atoms with Crippen LogP contribution in [0.1, 0.15) is 39.0 Å². The molecule has 0 aromatic carbocycles. The number of fused-ring (bicyclic) bond motifs is 2. The summed E-state index contributed by atoms with van der Waals surface area (Å²) in [5.74, 6) is 0. The average molecular weight is 165 g/mol. The number of rotatable bonds is 0. The first kappa shape index (κ1) is 8.31. The Morgan fingerprint density at radius 3 is 2.33 bits per heavy atom. The zero-order valence-corrected chi connectivity index (χ0v) is 8.21. The smallest absolute Gasteiger partial charge is 0.0132 e. The highest BCUT2D eigenvalue weighted by Gasteiger charge is 2.32. The van der Waals surface area contributed by atoms with E-state index in [1.807, 2.05) is 0 Å². The zero-order valence-electron chi connectivity index (χ0n) is 8.21. The minimum Gasteiger partial charge on any atom is -0.300 e. The van der Waals surface area contributed by atoms with Gasteiger partial charge in [-0.3, -0.25) is 4.90 Å². The topological polar surface area (TPSA) is 3.24 Å². The second-order valence-corrected chi connectivity index (χ2v) is 4.26. The zero-order chi connectivity index (χ0) is 8.55. The summed E-state index contributed by atoms with van der Waals surface area (Å²) < 4.78 is 0. The normalized spacial score (nSPS) is 36.7. The van der Waals surface area contributed by atoms with Crippen molar-refractivity contribution in [3.05, 3.63) is 11.6 Å². The molecule has 2 saturated heterocycles. The first-order chi connectivity index (χ1) is 5.81. The van der Waals surface area contributed by atoms with E-state index in [-0.39, 0.29) is 0 Å². The molecule has 12 heavy (non-hydrogen) atoms. The first-order valence-corrected chi connectivity index (χ1v) is 5.17. The van der Waals surface area contributed by atoms with E-state index in [9.17, 15) is 0 Å². The van der Waals surface area contributed by atoms with Gasteiger partial charge in [0.15, 0.2) is 0 Å². The highest BCUT2D eigenvalue weighted by molar-refractivity contribution is 5.11. The van der Waals surface area contributed by atoms with E-state index in [2.05, 4.69) is 24.9 Å². The maximum atomic E-state index is 2.61. The molecule has 0 aliphatic carbocycles. The van der Waals surface area contributed by atoms with Gasteiger partial charge in [-0.05, 0) is 39.7 Å². The summed E-state index contributed by atoms with van der Waals surface area (Å²) in [6.07, 6.45) is 9.30. The fraction of sp³-hybridized carbons (Fsp3) is 0.818. The van der Waals surface area contributed by atoms with Crippen molar-refractivity contribution in [1.82, 2.24) is 4.90 Å². The number of nitrogens with zero attached hydrogens (tertiary/aromatic N) is 1. The average Bonchev–Trinajstić information content (AvgIpc) is 2.04. The Morgan fingerprint density at radius 1 is 1.25 bits per heavy atom. The van der Waals surface area contributed by atoms with Gasteiger partial charge >= 0.3 is 0 Å². The van der Waals surface area contributed by atoms with Crippen LogP contribution in [0, 0.1) is 0 Å². The lowest BCUT2D eigenvalue weighted by atomic mass is 9.82. The van der Waals surface area contributed by atoms with Crippen LogP contribution in [-0.4, -0.2) is 24.0 Å². The Bertz CT molecular complexity index is 179. The first-order valence-electron chi connectivity index (χ1n) is 5.17. The van der Waals surface area contributed by atoms with E-state index in [1.165, 1.54) is 32.1 Å². The molecule has 2 atom stereocenters. The molecule has 2 bridgehead atoms. The van der Waals surface area contributed by atoms with Crippen LogP contribution in [0.25, 0.3) is 0 Å². The summed E-state index contributed by atoms with van der Waals surface area (Å²) in [4.78, 5) is 2.61. The Kier molecular flexibility index (Phi) is 2.22. The van der Waals surface area contributed by atoms with Crippen molar-refractivity contribution < 1.29 is 0 Å². The quantitative estimate of drug-likeness (QED) is 0.499. The molecule has 0 radical (unpaired) electrons. The molecule has 2 aliphatic heterocycles. The van der Waals surface area contributed by atoms with Gasteiger partial charge < -0.3 is 0 Å². The lowest BCUT2D eigenvalue weighted by Crippen LogP contribution is -2.47. The Hall–Kier alpha value is -0.300. The van der Waals surface area contributed by atoms with E-state index in [0.717, 1.165) is 12.1 Å². The Morgan fingerprint density at radius 2 is 1.83 bits per heavy atom. The third kappa shape index (κ3) is 1.31. The molecule has 0 N–H and O–H groups in total. The minimum atomic E-state index is 0.865. The van der Waals surface area contributed by atoms with Crippen molar-refractivity contribution in [2.75, 3.05) is 7.05 Å². The van der Waals surface area contributed by atoms with Gasteiger partial charge in [0.05, 0.1) is 0 Å². The van der Waals surface area contributed by atoms with Crippen molar-refractivity contribution in [1.29, 1.82) is 0 Å². The standard InChI is InChI=1S/C11H19N/c1-3-9-7-10-5-4-6-11(8-9)12(10)2/h3,10-11H,4-8H2,1-2H3. The molecule has 0 aromatic heterocycles. The molecule has 1 nitrogen and oxygen atoms in total. The third-order valence-corrected chi connectivity index (χ3v) is 3.63. The lowest BCUT2D eigenvalue weighted by molar-refractivity contribution is 0.0906. The highest BCUT2D eigenvalue weighted by atomic mass is 15.2.